The lowest BCUT2D eigenvalue weighted by Crippen LogP contribution is -2.26. The number of nitrogens with one attached hydrogen (secondary N) is 1. The largest absolute Gasteiger partial charge is 0.441 e. The monoisotopic (exact) mass is 434 g/mol. The van der Waals surface area contributed by atoms with E-state index in [9.17, 15) is 22.0 Å². The number of carbonyl (C=O) groups is 1. The van der Waals surface area contributed by atoms with Crippen LogP contribution in [0.5, 0.6) is 0 Å². The molecule has 0 fully saturated rings. The van der Waals surface area contributed by atoms with E-state index in [1.54, 1.807) is 19.1 Å². The molecule has 1 atom stereocenters. The number of amides is 1. The van der Waals surface area contributed by atoms with Crippen molar-refractivity contribution in [3.63, 3.8) is 0 Å². The lowest BCUT2D eigenvalue weighted by Gasteiger charge is -2.14. The maximum Gasteiger partial charge on any atom is 0.220 e. The maximum absolute atomic E-state index is 13.8. The number of carbonyl (C=O) groups excluding carboxylic acids is 1. The van der Waals surface area contributed by atoms with Crippen LogP contribution >= 0.6 is 0 Å². The highest BCUT2D eigenvalue weighted by Gasteiger charge is 2.17. The van der Waals surface area contributed by atoms with Crippen LogP contribution in [0.4, 0.5) is 8.78 Å². The van der Waals surface area contributed by atoms with Gasteiger partial charge in [0.15, 0.2) is 21.5 Å². The molecule has 3 aromatic rings. The van der Waals surface area contributed by atoms with E-state index in [4.69, 9.17) is 4.42 Å². The second-order valence-electron chi connectivity index (χ2n) is 6.85. The first-order chi connectivity index (χ1) is 14.1. The van der Waals surface area contributed by atoms with Gasteiger partial charge in [0.25, 0.3) is 0 Å². The van der Waals surface area contributed by atoms with Crippen LogP contribution in [0.2, 0.25) is 0 Å². The molecule has 0 radical (unpaired) electrons. The SMILES string of the molecule is C[C@H](NC(=O)CCc1ncc(-c2c(F)cccc2F)o1)c1ccc(S(C)(=O)=O)cc1. The highest BCUT2D eigenvalue weighted by Crippen LogP contribution is 2.26. The standard InChI is InChI=1S/C21H20F2N2O4S/c1-13(14-6-8-15(9-7-14)30(2,27)28)25-19(26)10-11-20-24-12-18(29-20)21-16(22)4-3-5-17(21)23/h3-9,12-13H,10-11H2,1-2H3,(H,25,26)/t13-/m0/s1. The van der Waals surface area contributed by atoms with Gasteiger partial charge in [-0.3, -0.25) is 4.79 Å². The van der Waals surface area contributed by atoms with Gasteiger partial charge in [-0.15, -0.1) is 0 Å². The molecule has 158 valence electrons. The molecule has 9 heteroatoms. The number of rotatable bonds is 7. The molecule has 30 heavy (non-hydrogen) atoms. The molecule has 0 saturated heterocycles. The van der Waals surface area contributed by atoms with Crippen molar-refractivity contribution in [2.45, 2.75) is 30.7 Å². The van der Waals surface area contributed by atoms with Crippen LogP contribution in [0.1, 0.15) is 30.8 Å². The van der Waals surface area contributed by atoms with Crippen LogP contribution in [-0.4, -0.2) is 25.6 Å². The molecule has 1 aromatic heterocycles. The van der Waals surface area contributed by atoms with Gasteiger partial charge >= 0.3 is 0 Å². The van der Waals surface area contributed by atoms with Crippen LogP contribution in [0.25, 0.3) is 11.3 Å². The van der Waals surface area contributed by atoms with Gasteiger partial charge < -0.3 is 9.73 Å². The molecule has 0 unspecified atom stereocenters. The Morgan fingerprint density at radius 1 is 1.13 bits per heavy atom. The maximum atomic E-state index is 13.8. The molecular formula is C21H20F2N2O4S. The van der Waals surface area contributed by atoms with Crippen LogP contribution < -0.4 is 5.32 Å². The highest BCUT2D eigenvalue weighted by molar-refractivity contribution is 7.90. The number of aromatic nitrogens is 1. The number of benzene rings is 2. The van der Waals surface area contributed by atoms with Crippen molar-refractivity contribution < 1.29 is 26.4 Å². The minimum atomic E-state index is -3.28. The first kappa shape index (κ1) is 21.6. The lowest BCUT2D eigenvalue weighted by molar-refractivity contribution is -0.121. The Bertz CT molecular complexity index is 1140. The van der Waals surface area contributed by atoms with E-state index >= 15 is 0 Å². The molecule has 6 nitrogen and oxygen atoms in total. The zero-order chi connectivity index (χ0) is 21.9. The van der Waals surface area contributed by atoms with Crippen molar-refractivity contribution in [3.05, 3.63) is 71.8 Å². The summed E-state index contributed by atoms with van der Waals surface area (Å²) < 4.78 is 56.1. The van der Waals surface area contributed by atoms with Gasteiger partial charge in [-0.2, -0.15) is 0 Å². The topological polar surface area (TPSA) is 89.3 Å². The van der Waals surface area contributed by atoms with Crippen LogP contribution in [0.3, 0.4) is 0 Å². The number of aryl methyl sites for hydroxylation is 1. The van der Waals surface area contributed by atoms with E-state index < -0.39 is 21.5 Å². The van der Waals surface area contributed by atoms with Crippen LogP contribution in [0, 0.1) is 11.6 Å². The Balaban J connectivity index is 1.58. The summed E-state index contributed by atoms with van der Waals surface area (Å²) in [5.41, 5.74) is 0.455. The molecule has 1 amide bonds. The summed E-state index contributed by atoms with van der Waals surface area (Å²) in [6.07, 6.45) is 2.57. The van der Waals surface area contributed by atoms with E-state index in [0.29, 0.717) is 0 Å². The zero-order valence-corrected chi connectivity index (χ0v) is 17.2. The Hall–Kier alpha value is -3.07. The third-order valence-electron chi connectivity index (χ3n) is 4.51. The normalized spacial score (nSPS) is 12.5. The van der Waals surface area contributed by atoms with Crippen molar-refractivity contribution in [2.75, 3.05) is 6.26 Å². The number of nitrogens with zero attached hydrogens (tertiary/aromatic N) is 1. The fourth-order valence-corrected chi connectivity index (χ4v) is 3.53. The summed E-state index contributed by atoms with van der Waals surface area (Å²) in [5, 5.41) is 2.80. The predicted molar refractivity (Wildman–Crippen MR) is 106 cm³/mol. The molecular weight excluding hydrogens is 414 g/mol. The predicted octanol–water partition coefficient (Wildman–Crippen LogP) is 3.83. The molecule has 0 aliphatic heterocycles. The van der Waals surface area contributed by atoms with E-state index in [1.165, 1.54) is 24.4 Å². The van der Waals surface area contributed by atoms with Gasteiger partial charge in [0, 0.05) is 19.1 Å². The third kappa shape index (κ3) is 5.10. The number of hydrogen-bond donors (Lipinski definition) is 1. The smallest absolute Gasteiger partial charge is 0.220 e. The fourth-order valence-electron chi connectivity index (χ4n) is 2.90. The molecule has 1 heterocycles. The molecule has 1 N–H and O–H groups in total. The second-order valence-corrected chi connectivity index (χ2v) is 8.86. The molecule has 0 spiro atoms. The summed E-state index contributed by atoms with van der Waals surface area (Å²) in [5.74, 6) is -1.64. The van der Waals surface area contributed by atoms with Crippen LogP contribution in [-0.2, 0) is 21.1 Å². The van der Waals surface area contributed by atoms with Gasteiger partial charge in [-0.1, -0.05) is 18.2 Å². The Morgan fingerprint density at radius 2 is 1.77 bits per heavy atom. The van der Waals surface area contributed by atoms with Crippen molar-refractivity contribution >= 4 is 15.7 Å². The molecule has 0 bridgehead atoms. The van der Waals surface area contributed by atoms with Crippen LogP contribution in [0.15, 0.2) is 58.0 Å². The number of oxazole rings is 1. The Labute approximate surface area is 172 Å². The van der Waals surface area contributed by atoms with Crippen molar-refractivity contribution in [2.24, 2.45) is 0 Å². The quantitative estimate of drug-likeness (QED) is 0.610. The first-order valence-corrected chi connectivity index (χ1v) is 11.0. The summed E-state index contributed by atoms with van der Waals surface area (Å²) in [4.78, 5) is 16.4. The number of hydrogen-bond acceptors (Lipinski definition) is 5. The van der Waals surface area contributed by atoms with E-state index in [1.807, 2.05) is 0 Å². The number of sulfone groups is 1. The summed E-state index contributed by atoms with van der Waals surface area (Å²) in [6.45, 7) is 1.78. The average Bonchev–Trinajstić information content (AvgIpc) is 3.14. The first-order valence-electron chi connectivity index (χ1n) is 9.13. The molecule has 2 aromatic carbocycles. The van der Waals surface area contributed by atoms with E-state index in [2.05, 4.69) is 10.3 Å². The summed E-state index contributed by atoms with van der Waals surface area (Å²) in [7, 11) is -3.28. The van der Waals surface area contributed by atoms with E-state index in [-0.39, 0.29) is 46.9 Å². The van der Waals surface area contributed by atoms with Crippen molar-refractivity contribution in [1.29, 1.82) is 0 Å². The second kappa shape index (κ2) is 8.74. The number of halogens is 2. The van der Waals surface area contributed by atoms with E-state index in [0.717, 1.165) is 24.0 Å². The summed E-state index contributed by atoms with van der Waals surface area (Å²) in [6, 6.07) is 9.43. The Morgan fingerprint density at radius 3 is 2.37 bits per heavy atom. The van der Waals surface area contributed by atoms with Gasteiger partial charge in [-0.25, -0.2) is 22.2 Å². The van der Waals surface area contributed by atoms with Gasteiger partial charge in [0.05, 0.1) is 22.7 Å². The molecule has 3 rings (SSSR count). The van der Waals surface area contributed by atoms with Gasteiger partial charge in [-0.05, 0) is 36.8 Å². The average molecular weight is 434 g/mol. The fraction of sp³-hybridized carbons (Fsp3) is 0.238. The molecule has 0 aliphatic rings. The Kier molecular flexibility index (Phi) is 6.31. The van der Waals surface area contributed by atoms with Crippen molar-refractivity contribution in [3.8, 4) is 11.3 Å². The summed E-state index contributed by atoms with van der Waals surface area (Å²) >= 11 is 0. The highest BCUT2D eigenvalue weighted by atomic mass is 32.2. The van der Waals surface area contributed by atoms with Gasteiger partial charge in [0.1, 0.15) is 11.6 Å². The third-order valence-corrected chi connectivity index (χ3v) is 5.64. The molecule has 0 aliphatic carbocycles. The lowest BCUT2D eigenvalue weighted by atomic mass is 10.1. The van der Waals surface area contributed by atoms with Crippen molar-refractivity contribution in [1.82, 2.24) is 10.3 Å². The minimum Gasteiger partial charge on any atom is -0.441 e. The molecule has 0 saturated carbocycles. The zero-order valence-electron chi connectivity index (χ0n) is 16.4. The van der Waals surface area contributed by atoms with Gasteiger partial charge in [0.2, 0.25) is 5.91 Å². The minimum absolute atomic E-state index is 0.0413.